The van der Waals surface area contributed by atoms with E-state index in [9.17, 15) is 0 Å². The van der Waals surface area contributed by atoms with Gasteiger partial charge in [-0.2, -0.15) is 5.10 Å². The SMILES string of the molecule is CN1CCN(Cc2cc3c(Cl)nc(-c4ccc(Cl)cc4Cl)cn3n2)CC1. The Morgan fingerprint density at radius 3 is 2.54 bits per heavy atom. The number of fused-ring (bicyclic) bond motifs is 1. The van der Waals surface area contributed by atoms with Crippen LogP contribution in [-0.4, -0.2) is 57.6 Å². The van der Waals surface area contributed by atoms with Gasteiger partial charge in [-0.1, -0.05) is 34.8 Å². The van der Waals surface area contributed by atoms with E-state index in [1.807, 2.05) is 18.3 Å². The van der Waals surface area contributed by atoms with Crippen molar-refractivity contribution in [2.45, 2.75) is 6.54 Å². The highest BCUT2D eigenvalue weighted by molar-refractivity contribution is 6.36. The Hall–Kier alpha value is -1.37. The minimum Gasteiger partial charge on any atom is -0.304 e. The largest absolute Gasteiger partial charge is 0.304 e. The van der Waals surface area contributed by atoms with Crippen molar-refractivity contribution in [3.8, 4) is 11.3 Å². The Bertz CT molecular complexity index is 947. The van der Waals surface area contributed by atoms with E-state index in [1.54, 1.807) is 16.6 Å². The van der Waals surface area contributed by atoms with Crippen LogP contribution in [0, 0.1) is 0 Å². The standard InChI is InChI=1S/C18H18Cl3N5/c1-24-4-6-25(7-5-24)10-13-9-17-18(21)22-16(11-26(17)23-13)14-3-2-12(19)8-15(14)20/h2-3,8-9,11H,4-7,10H2,1H3. The molecule has 3 aromatic rings. The van der Waals surface area contributed by atoms with Crippen LogP contribution in [0.25, 0.3) is 16.8 Å². The molecule has 1 saturated heterocycles. The average molecular weight is 411 g/mol. The number of rotatable bonds is 3. The van der Waals surface area contributed by atoms with E-state index in [1.165, 1.54) is 0 Å². The summed E-state index contributed by atoms with van der Waals surface area (Å²) in [5.41, 5.74) is 3.22. The van der Waals surface area contributed by atoms with Gasteiger partial charge in [0, 0.05) is 43.3 Å². The maximum absolute atomic E-state index is 6.41. The van der Waals surface area contributed by atoms with Gasteiger partial charge in [-0.25, -0.2) is 9.50 Å². The molecule has 8 heteroatoms. The highest BCUT2D eigenvalue weighted by Gasteiger charge is 2.17. The van der Waals surface area contributed by atoms with Gasteiger partial charge in [-0.05, 0) is 31.3 Å². The third-order valence-corrected chi connectivity index (χ3v) is 5.48. The molecule has 0 N–H and O–H groups in total. The number of hydrogen-bond donors (Lipinski definition) is 0. The van der Waals surface area contributed by atoms with E-state index in [0.29, 0.717) is 20.9 Å². The maximum Gasteiger partial charge on any atom is 0.155 e. The van der Waals surface area contributed by atoms with E-state index in [2.05, 4.69) is 26.9 Å². The van der Waals surface area contributed by atoms with Crippen LogP contribution in [0.3, 0.4) is 0 Å². The predicted octanol–water partition coefficient (Wildman–Crippen LogP) is 4.10. The van der Waals surface area contributed by atoms with Crippen LogP contribution in [0.4, 0.5) is 0 Å². The Morgan fingerprint density at radius 1 is 1.04 bits per heavy atom. The fraction of sp³-hybridized carbons (Fsp3) is 0.333. The summed E-state index contributed by atoms with van der Waals surface area (Å²) >= 11 is 18.7. The quantitative estimate of drug-likeness (QED) is 0.651. The van der Waals surface area contributed by atoms with Crippen molar-refractivity contribution < 1.29 is 0 Å². The Kier molecular flexibility index (Phi) is 5.08. The molecule has 0 bridgehead atoms. The first-order chi connectivity index (χ1) is 12.5. The van der Waals surface area contributed by atoms with Gasteiger partial charge in [0.05, 0.1) is 22.6 Å². The van der Waals surface area contributed by atoms with Gasteiger partial charge in [-0.15, -0.1) is 0 Å². The topological polar surface area (TPSA) is 36.7 Å². The molecule has 1 aromatic carbocycles. The molecule has 0 radical (unpaired) electrons. The summed E-state index contributed by atoms with van der Waals surface area (Å²) in [5, 5.41) is 6.21. The number of benzene rings is 1. The molecule has 2 aromatic heterocycles. The van der Waals surface area contributed by atoms with E-state index in [-0.39, 0.29) is 0 Å². The molecule has 1 fully saturated rings. The summed E-state index contributed by atoms with van der Waals surface area (Å²) < 4.78 is 1.78. The van der Waals surface area contributed by atoms with Crippen LogP contribution in [0.15, 0.2) is 30.5 Å². The van der Waals surface area contributed by atoms with Crippen molar-refractivity contribution in [2.24, 2.45) is 0 Å². The zero-order valence-electron chi connectivity index (χ0n) is 14.3. The molecule has 0 atom stereocenters. The highest BCUT2D eigenvalue weighted by atomic mass is 35.5. The number of nitrogens with zero attached hydrogens (tertiary/aromatic N) is 5. The molecule has 0 spiro atoms. The van der Waals surface area contributed by atoms with Gasteiger partial charge in [-0.3, -0.25) is 4.90 Å². The van der Waals surface area contributed by atoms with Gasteiger partial charge in [0.25, 0.3) is 0 Å². The second-order valence-corrected chi connectivity index (χ2v) is 7.79. The average Bonchev–Trinajstić information content (AvgIpc) is 3.00. The molecule has 0 saturated carbocycles. The van der Waals surface area contributed by atoms with Crippen LogP contribution in [0.2, 0.25) is 15.2 Å². The van der Waals surface area contributed by atoms with E-state index < -0.39 is 0 Å². The third kappa shape index (κ3) is 3.68. The number of piperazine rings is 1. The summed E-state index contributed by atoms with van der Waals surface area (Å²) in [6.45, 7) is 5.05. The molecule has 4 rings (SSSR count). The number of halogens is 3. The fourth-order valence-corrected chi connectivity index (χ4v) is 3.88. The van der Waals surface area contributed by atoms with Gasteiger partial charge in [0.1, 0.15) is 5.52 Å². The molecule has 3 heterocycles. The minimum absolute atomic E-state index is 0.408. The summed E-state index contributed by atoms with van der Waals surface area (Å²) in [7, 11) is 2.15. The van der Waals surface area contributed by atoms with Crippen molar-refractivity contribution >= 4 is 40.3 Å². The highest BCUT2D eigenvalue weighted by Crippen LogP contribution is 2.31. The monoisotopic (exact) mass is 409 g/mol. The molecule has 26 heavy (non-hydrogen) atoms. The number of likely N-dealkylation sites (N-methyl/N-ethyl adjacent to an activating group) is 1. The van der Waals surface area contributed by atoms with Crippen LogP contribution in [0.1, 0.15) is 5.69 Å². The van der Waals surface area contributed by atoms with Crippen molar-refractivity contribution in [1.29, 1.82) is 0 Å². The molecule has 136 valence electrons. The zero-order chi connectivity index (χ0) is 18.3. The van der Waals surface area contributed by atoms with E-state index in [0.717, 1.165) is 49.5 Å². The van der Waals surface area contributed by atoms with Crippen LogP contribution in [0.5, 0.6) is 0 Å². The number of hydrogen-bond acceptors (Lipinski definition) is 4. The van der Waals surface area contributed by atoms with Crippen molar-refractivity contribution in [3.63, 3.8) is 0 Å². The van der Waals surface area contributed by atoms with Crippen LogP contribution < -0.4 is 0 Å². The molecule has 0 amide bonds. The van der Waals surface area contributed by atoms with Gasteiger partial charge < -0.3 is 4.90 Å². The van der Waals surface area contributed by atoms with Crippen LogP contribution >= 0.6 is 34.8 Å². The summed E-state index contributed by atoms with van der Waals surface area (Å²) in [6, 6.07) is 7.31. The predicted molar refractivity (Wildman–Crippen MR) is 106 cm³/mol. The summed E-state index contributed by atoms with van der Waals surface area (Å²) in [4.78, 5) is 9.23. The lowest BCUT2D eigenvalue weighted by molar-refractivity contribution is 0.147. The maximum atomic E-state index is 6.41. The first-order valence-electron chi connectivity index (χ1n) is 8.41. The lowest BCUT2D eigenvalue weighted by Crippen LogP contribution is -2.43. The first-order valence-corrected chi connectivity index (χ1v) is 9.54. The molecule has 0 unspecified atom stereocenters. The molecule has 0 aliphatic carbocycles. The normalized spacial score (nSPS) is 16.5. The third-order valence-electron chi connectivity index (χ3n) is 4.65. The lowest BCUT2D eigenvalue weighted by atomic mass is 10.1. The summed E-state index contributed by atoms with van der Waals surface area (Å²) in [6.07, 6.45) is 1.85. The fourth-order valence-electron chi connectivity index (χ4n) is 3.14. The second-order valence-electron chi connectivity index (χ2n) is 6.59. The molecule has 5 nitrogen and oxygen atoms in total. The Balaban J connectivity index is 1.65. The minimum atomic E-state index is 0.408. The lowest BCUT2D eigenvalue weighted by Gasteiger charge is -2.31. The zero-order valence-corrected chi connectivity index (χ0v) is 16.6. The Labute approximate surface area is 167 Å². The molecular weight excluding hydrogens is 393 g/mol. The van der Waals surface area contributed by atoms with Crippen molar-refractivity contribution in [3.05, 3.63) is 51.4 Å². The molecule has 1 aliphatic heterocycles. The van der Waals surface area contributed by atoms with Crippen LogP contribution in [-0.2, 0) is 6.54 Å². The summed E-state index contributed by atoms with van der Waals surface area (Å²) in [5.74, 6) is 0. The van der Waals surface area contributed by atoms with Gasteiger partial charge in [0.2, 0.25) is 0 Å². The van der Waals surface area contributed by atoms with E-state index in [4.69, 9.17) is 34.8 Å². The first kappa shape index (κ1) is 18.0. The molecule has 1 aliphatic rings. The van der Waals surface area contributed by atoms with E-state index >= 15 is 0 Å². The molecular formula is C18H18Cl3N5. The smallest absolute Gasteiger partial charge is 0.155 e. The Morgan fingerprint density at radius 2 is 1.81 bits per heavy atom. The van der Waals surface area contributed by atoms with Gasteiger partial charge >= 0.3 is 0 Å². The second kappa shape index (κ2) is 7.33. The number of aromatic nitrogens is 3. The van der Waals surface area contributed by atoms with Crippen molar-refractivity contribution in [1.82, 2.24) is 24.4 Å². The van der Waals surface area contributed by atoms with Gasteiger partial charge in [0.15, 0.2) is 5.15 Å². The van der Waals surface area contributed by atoms with Crippen molar-refractivity contribution in [2.75, 3.05) is 33.2 Å².